The first kappa shape index (κ1) is 21.7. The summed E-state index contributed by atoms with van der Waals surface area (Å²) in [6.45, 7) is 1.45. The Balaban J connectivity index is 1.61. The zero-order chi connectivity index (χ0) is 24.2. The van der Waals surface area contributed by atoms with Gasteiger partial charge in [0.1, 0.15) is 5.75 Å². The van der Waals surface area contributed by atoms with E-state index in [1.54, 1.807) is 13.2 Å². The van der Waals surface area contributed by atoms with Crippen molar-refractivity contribution in [1.82, 2.24) is 10.2 Å². The number of ether oxygens (including phenoxy) is 1. The lowest BCUT2D eigenvalue weighted by molar-refractivity contribution is -0.384. The van der Waals surface area contributed by atoms with Gasteiger partial charge in [0, 0.05) is 56.6 Å². The summed E-state index contributed by atoms with van der Waals surface area (Å²) in [6.07, 6.45) is -0.0378. The smallest absolute Gasteiger partial charge is 0.330 e. The number of benzene rings is 2. The van der Waals surface area contributed by atoms with Crippen LogP contribution in [0.25, 0.3) is 0 Å². The van der Waals surface area contributed by atoms with Gasteiger partial charge in [0.15, 0.2) is 5.41 Å². The number of urea groups is 1. The molecule has 34 heavy (non-hydrogen) atoms. The number of non-ortho nitro benzene ring substituents is 1. The lowest BCUT2D eigenvalue weighted by atomic mass is 9.67. The number of carbonyl (C=O) groups excluding carboxylic acids is 3. The number of nitro benzene ring substituents is 1. The van der Waals surface area contributed by atoms with Crippen LogP contribution in [0.4, 0.5) is 21.9 Å². The maximum atomic E-state index is 13.6. The summed E-state index contributed by atoms with van der Waals surface area (Å²) < 4.78 is 5.24. The van der Waals surface area contributed by atoms with E-state index in [4.69, 9.17) is 4.74 Å². The van der Waals surface area contributed by atoms with E-state index in [0.717, 1.165) is 16.3 Å². The van der Waals surface area contributed by atoms with E-state index in [9.17, 15) is 24.5 Å². The molecule has 2 aromatic carbocycles. The molecule has 2 saturated heterocycles. The van der Waals surface area contributed by atoms with E-state index in [1.165, 1.54) is 19.2 Å². The fourth-order valence-corrected chi connectivity index (χ4v) is 5.28. The van der Waals surface area contributed by atoms with Crippen molar-refractivity contribution in [2.45, 2.75) is 12.5 Å². The predicted molar refractivity (Wildman–Crippen MR) is 122 cm³/mol. The third kappa shape index (κ3) is 3.07. The van der Waals surface area contributed by atoms with Crippen LogP contribution in [-0.2, 0) is 16.0 Å². The molecule has 2 fully saturated rings. The minimum atomic E-state index is -1.60. The number of carbonyl (C=O) groups is 3. The summed E-state index contributed by atoms with van der Waals surface area (Å²) in [6, 6.07) is 10.7. The van der Waals surface area contributed by atoms with E-state index < -0.39 is 34.2 Å². The number of nitrogens with one attached hydrogen (secondary N) is 1. The van der Waals surface area contributed by atoms with Gasteiger partial charge in [0.2, 0.25) is 11.8 Å². The number of barbiturate groups is 1. The van der Waals surface area contributed by atoms with Crippen LogP contribution in [0.3, 0.4) is 0 Å². The molecule has 3 aliphatic rings. The van der Waals surface area contributed by atoms with Crippen molar-refractivity contribution in [3.8, 4) is 5.75 Å². The summed E-state index contributed by atoms with van der Waals surface area (Å²) in [5.41, 5.74) is 0.497. The first-order valence-corrected chi connectivity index (χ1v) is 10.8. The van der Waals surface area contributed by atoms with E-state index in [2.05, 4.69) is 10.2 Å². The molecule has 3 aliphatic heterocycles. The number of anilines is 2. The summed E-state index contributed by atoms with van der Waals surface area (Å²) >= 11 is 0. The first-order chi connectivity index (χ1) is 16.3. The number of hydrogen-bond donors (Lipinski definition) is 1. The third-order valence-electron chi connectivity index (χ3n) is 7.06. The van der Waals surface area contributed by atoms with Gasteiger partial charge in [-0.1, -0.05) is 0 Å². The van der Waals surface area contributed by atoms with E-state index in [-0.39, 0.29) is 12.1 Å². The van der Waals surface area contributed by atoms with Crippen molar-refractivity contribution in [2.24, 2.45) is 5.41 Å². The average Bonchev–Trinajstić information content (AvgIpc) is 2.85. The lowest BCUT2D eigenvalue weighted by Crippen LogP contribution is -2.74. The summed E-state index contributed by atoms with van der Waals surface area (Å²) in [7, 11) is 2.93. The number of piperazine rings is 1. The monoisotopic (exact) mass is 465 g/mol. The van der Waals surface area contributed by atoms with Gasteiger partial charge in [-0.25, -0.2) is 4.79 Å². The van der Waals surface area contributed by atoms with Crippen LogP contribution >= 0.6 is 0 Å². The molecular formula is C23H23N5O6. The van der Waals surface area contributed by atoms with Crippen LogP contribution in [0.15, 0.2) is 42.5 Å². The SMILES string of the molecule is COc1ccc(N2CCN3c4ccc([N+](=O)[O-])cc4C[C@]4(C(=O)NC(=O)N(C)C4=O)[C@@H]3C2)cc1. The molecule has 2 aromatic rings. The van der Waals surface area contributed by atoms with Gasteiger partial charge in [-0.3, -0.25) is 29.9 Å². The van der Waals surface area contributed by atoms with Gasteiger partial charge in [-0.15, -0.1) is 0 Å². The highest BCUT2D eigenvalue weighted by Gasteiger charge is 2.62. The standard InChI is InChI=1S/C23H23N5O6/c1-25-21(30)23(20(29)24-22(25)31)12-14-11-16(28(32)33)5-8-18(14)27-10-9-26(13-19(23)27)15-3-6-17(34-2)7-4-15/h3-8,11,19H,9-10,12-13H2,1-2H3,(H,24,29,31)/t19-,23+/m0/s1. The second-order valence-electron chi connectivity index (χ2n) is 8.69. The number of rotatable bonds is 3. The zero-order valence-electron chi connectivity index (χ0n) is 18.7. The van der Waals surface area contributed by atoms with Crippen molar-refractivity contribution in [2.75, 3.05) is 43.6 Å². The molecule has 1 spiro atoms. The van der Waals surface area contributed by atoms with Gasteiger partial charge in [-0.2, -0.15) is 0 Å². The minimum absolute atomic E-state index is 0.0378. The Hall–Kier alpha value is -4.15. The van der Waals surface area contributed by atoms with Gasteiger partial charge in [0.05, 0.1) is 18.1 Å². The molecule has 176 valence electrons. The zero-order valence-corrected chi connectivity index (χ0v) is 18.7. The van der Waals surface area contributed by atoms with Gasteiger partial charge in [0.25, 0.3) is 5.69 Å². The van der Waals surface area contributed by atoms with Crippen LogP contribution in [0, 0.1) is 15.5 Å². The number of hydrogen-bond acceptors (Lipinski definition) is 8. The number of imide groups is 2. The highest BCUT2D eigenvalue weighted by atomic mass is 16.6. The predicted octanol–water partition coefficient (Wildman–Crippen LogP) is 1.55. The van der Waals surface area contributed by atoms with Gasteiger partial charge >= 0.3 is 6.03 Å². The minimum Gasteiger partial charge on any atom is -0.497 e. The highest BCUT2D eigenvalue weighted by molar-refractivity contribution is 6.20. The molecule has 5 rings (SSSR count). The molecule has 0 saturated carbocycles. The van der Waals surface area contributed by atoms with Crippen molar-refractivity contribution in [1.29, 1.82) is 0 Å². The normalized spacial score (nSPS) is 24.0. The molecule has 0 bridgehead atoms. The Kier molecular flexibility index (Phi) is 4.92. The van der Waals surface area contributed by atoms with Crippen LogP contribution in [0.2, 0.25) is 0 Å². The summed E-state index contributed by atoms with van der Waals surface area (Å²) in [4.78, 5) is 55.0. The average molecular weight is 465 g/mol. The van der Waals surface area contributed by atoms with Gasteiger partial charge in [-0.05, 0) is 35.9 Å². The topological polar surface area (TPSA) is 125 Å². The Morgan fingerprint density at radius 2 is 1.85 bits per heavy atom. The molecule has 11 nitrogen and oxygen atoms in total. The Morgan fingerprint density at radius 1 is 1.12 bits per heavy atom. The quantitative estimate of drug-likeness (QED) is 0.411. The second kappa shape index (κ2) is 7.72. The van der Waals surface area contributed by atoms with E-state index >= 15 is 0 Å². The van der Waals surface area contributed by atoms with Crippen LogP contribution in [-0.4, -0.2) is 67.5 Å². The molecule has 0 unspecified atom stereocenters. The van der Waals surface area contributed by atoms with E-state index in [1.807, 2.05) is 29.2 Å². The van der Waals surface area contributed by atoms with Crippen LogP contribution in [0.1, 0.15) is 5.56 Å². The molecule has 0 aliphatic carbocycles. The Bertz CT molecular complexity index is 1210. The number of methoxy groups -OCH3 is 1. The third-order valence-corrected chi connectivity index (χ3v) is 7.06. The highest BCUT2D eigenvalue weighted by Crippen LogP contribution is 2.46. The van der Waals surface area contributed by atoms with Crippen molar-refractivity contribution >= 4 is 34.9 Å². The molecule has 0 aromatic heterocycles. The molecule has 1 N–H and O–H groups in total. The molecule has 4 amide bonds. The number of amides is 4. The maximum Gasteiger partial charge on any atom is 0.330 e. The van der Waals surface area contributed by atoms with E-state index in [0.29, 0.717) is 30.9 Å². The van der Waals surface area contributed by atoms with Crippen LogP contribution < -0.4 is 19.9 Å². The van der Waals surface area contributed by atoms with Crippen molar-refractivity contribution in [3.05, 3.63) is 58.1 Å². The number of nitrogens with zero attached hydrogens (tertiary/aromatic N) is 4. The van der Waals surface area contributed by atoms with Crippen LogP contribution in [0.5, 0.6) is 5.75 Å². The fourth-order valence-electron chi connectivity index (χ4n) is 5.28. The summed E-state index contributed by atoms with van der Waals surface area (Å²) in [5.74, 6) is -0.566. The molecule has 3 heterocycles. The first-order valence-electron chi connectivity index (χ1n) is 10.8. The largest absolute Gasteiger partial charge is 0.497 e. The molecule has 2 atom stereocenters. The summed E-state index contributed by atoms with van der Waals surface area (Å²) in [5, 5.41) is 13.7. The molecular weight excluding hydrogens is 442 g/mol. The molecule has 0 radical (unpaired) electrons. The molecule has 11 heteroatoms. The lowest BCUT2D eigenvalue weighted by Gasteiger charge is -2.55. The number of fused-ring (bicyclic) bond motifs is 4. The van der Waals surface area contributed by atoms with Crippen molar-refractivity contribution in [3.63, 3.8) is 0 Å². The number of nitro groups is 1. The Morgan fingerprint density at radius 3 is 2.53 bits per heavy atom. The Labute approximate surface area is 195 Å². The maximum absolute atomic E-state index is 13.6. The van der Waals surface area contributed by atoms with Gasteiger partial charge < -0.3 is 14.5 Å². The fraction of sp³-hybridized carbons (Fsp3) is 0.348. The van der Waals surface area contributed by atoms with Crippen molar-refractivity contribution < 1.29 is 24.0 Å². The second-order valence-corrected chi connectivity index (χ2v) is 8.69.